The molecule has 2 aliphatic rings. The van der Waals surface area contributed by atoms with Crippen molar-refractivity contribution >= 4 is 5.97 Å². The molecule has 0 spiro atoms. The van der Waals surface area contributed by atoms with E-state index in [-0.39, 0.29) is 12.4 Å². The number of carbonyl (C=O) groups excluding carboxylic acids is 1. The molecule has 3 aromatic carbocycles. The molecule has 46 heavy (non-hydrogen) atoms. The van der Waals surface area contributed by atoms with Crippen molar-refractivity contribution in [3.63, 3.8) is 0 Å². The molecule has 8 atom stereocenters. The maximum Gasteiger partial charge on any atom is 0.311 e. The fourth-order valence-electron chi connectivity index (χ4n) is 6.10. The van der Waals surface area contributed by atoms with Crippen molar-refractivity contribution in [2.75, 3.05) is 41.7 Å². The molecule has 5 rings (SSSR count). The summed E-state index contributed by atoms with van der Waals surface area (Å²) in [7, 11) is 5.76. The van der Waals surface area contributed by atoms with Gasteiger partial charge in [-0.25, -0.2) is 0 Å². The zero-order valence-corrected chi connectivity index (χ0v) is 26.3. The van der Waals surface area contributed by atoms with Crippen LogP contribution in [-0.2, 0) is 29.3 Å². The number of methoxy groups -OCH3 is 4. The van der Waals surface area contributed by atoms with Crippen LogP contribution in [0.4, 0.5) is 0 Å². The minimum atomic E-state index is -1.35. The van der Waals surface area contributed by atoms with E-state index in [0.29, 0.717) is 33.9 Å². The van der Waals surface area contributed by atoms with Gasteiger partial charge in [0, 0.05) is 35.9 Å². The predicted octanol–water partition coefficient (Wildman–Crippen LogP) is 2.74. The molecule has 2 heterocycles. The van der Waals surface area contributed by atoms with Gasteiger partial charge in [-0.2, -0.15) is 0 Å². The van der Waals surface area contributed by atoms with E-state index in [4.69, 9.17) is 37.9 Å². The van der Waals surface area contributed by atoms with E-state index in [1.165, 1.54) is 21.3 Å². The number of carbonyl (C=O) groups is 1. The van der Waals surface area contributed by atoms with Crippen molar-refractivity contribution in [1.82, 2.24) is 0 Å². The van der Waals surface area contributed by atoms with E-state index in [0.717, 1.165) is 0 Å². The van der Waals surface area contributed by atoms with Crippen LogP contribution >= 0.6 is 0 Å². The van der Waals surface area contributed by atoms with Gasteiger partial charge in [-0.1, -0.05) is 42.5 Å². The molecule has 0 aromatic heterocycles. The van der Waals surface area contributed by atoms with Crippen LogP contribution in [0.1, 0.15) is 29.5 Å². The van der Waals surface area contributed by atoms with Crippen LogP contribution in [-0.4, -0.2) is 93.8 Å². The minimum absolute atomic E-state index is 0.0177. The Labute approximate surface area is 267 Å². The third-order valence-corrected chi connectivity index (χ3v) is 8.52. The summed E-state index contributed by atoms with van der Waals surface area (Å²) in [5.74, 6) is -0.888. The lowest BCUT2D eigenvalue weighted by molar-refractivity contribution is -0.324. The van der Waals surface area contributed by atoms with Crippen molar-refractivity contribution in [3.05, 3.63) is 83.4 Å². The van der Waals surface area contributed by atoms with E-state index in [1.54, 1.807) is 38.3 Å². The molecule has 12 heteroatoms. The summed E-state index contributed by atoms with van der Waals surface area (Å²) in [6, 6.07) is 20.0. The summed E-state index contributed by atoms with van der Waals surface area (Å²) >= 11 is 0. The Morgan fingerprint density at radius 2 is 1.63 bits per heavy atom. The van der Waals surface area contributed by atoms with Gasteiger partial charge in [-0.3, -0.25) is 4.79 Å². The number of hydrogen-bond acceptors (Lipinski definition) is 12. The average molecular weight is 641 g/mol. The standard InChI is InChI=1S/C34H40O12/c1-19(31(38)41-4)30(37)29-28-25(40-3)15-23(44-33-32(42-5)43-18-27(45-33)24(36)17-35)16-26(28)46-34(29,20-9-7-6-8-10-20)21-11-13-22(39-2)14-12-21/h6-16,19,24,27,29-30,32-33,35-37H,17-18H2,1-5H3/t19-,24?,27-,29-,30-,32-,33-,34-/m1/s1. The van der Waals surface area contributed by atoms with E-state index >= 15 is 0 Å². The molecule has 1 unspecified atom stereocenters. The highest BCUT2D eigenvalue weighted by atomic mass is 16.8. The number of fused-ring (bicyclic) bond motifs is 1. The molecular weight excluding hydrogens is 600 g/mol. The first-order valence-electron chi connectivity index (χ1n) is 14.8. The van der Waals surface area contributed by atoms with Crippen LogP contribution in [0, 0.1) is 5.92 Å². The number of esters is 1. The summed E-state index contributed by atoms with van der Waals surface area (Å²) in [4.78, 5) is 12.8. The smallest absolute Gasteiger partial charge is 0.311 e. The monoisotopic (exact) mass is 640 g/mol. The first-order chi connectivity index (χ1) is 22.2. The number of aliphatic hydroxyl groups is 3. The lowest BCUT2D eigenvalue weighted by Crippen LogP contribution is -2.51. The van der Waals surface area contributed by atoms with E-state index in [9.17, 15) is 20.1 Å². The molecule has 0 saturated carbocycles. The van der Waals surface area contributed by atoms with Crippen LogP contribution in [0.2, 0.25) is 0 Å². The van der Waals surface area contributed by atoms with Crippen molar-refractivity contribution in [2.45, 2.75) is 49.3 Å². The minimum Gasteiger partial charge on any atom is -0.497 e. The lowest BCUT2D eigenvalue weighted by Gasteiger charge is -2.39. The zero-order valence-electron chi connectivity index (χ0n) is 26.3. The summed E-state index contributed by atoms with van der Waals surface area (Å²) in [5.41, 5.74) is 0.562. The quantitative estimate of drug-likeness (QED) is 0.250. The van der Waals surface area contributed by atoms with Gasteiger partial charge in [0.25, 0.3) is 6.29 Å². The van der Waals surface area contributed by atoms with Crippen molar-refractivity contribution in [2.24, 2.45) is 5.92 Å². The molecule has 12 nitrogen and oxygen atoms in total. The van der Waals surface area contributed by atoms with Gasteiger partial charge in [-0.15, -0.1) is 0 Å². The maximum absolute atomic E-state index is 12.8. The van der Waals surface area contributed by atoms with Gasteiger partial charge in [0.2, 0.25) is 6.29 Å². The number of hydrogen-bond donors (Lipinski definition) is 3. The fraction of sp³-hybridized carbons (Fsp3) is 0.441. The molecular formula is C34H40O12. The van der Waals surface area contributed by atoms with Crippen LogP contribution in [0.15, 0.2) is 66.7 Å². The summed E-state index contributed by atoms with van der Waals surface area (Å²) in [6.07, 6.45) is -5.44. The Bertz CT molecular complexity index is 1460. The molecule has 0 aliphatic carbocycles. The molecule has 2 aliphatic heterocycles. The van der Waals surface area contributed by atoms with Crippen LogP contribution < -0.4 is 18.9 Å². The number of ether oxygens (including phenoxy) is 8. The van der Waals surface area contributed by atoms with E-state index < -0.39 is 60.9 Å². The lowest BCUT2D eigenvalue weighted by atomic mass is 9.69. The Kier molecular flexibility index (Phi) is 10.4. The largest absolute Gasteiger partial charge is 0.497 e. The molecule has 0 bridgehead atoms. The predicted molar refractivity (Wildman–Crippen MR) is 163 cm³/mol. The molecule has 0 radical (unpaired) electrons. The highest BCUT2D eigenvalue weighted by Crippen LogP contribution is 2.60. The Balaban J connectivity index is 1.67. The summed E-state index contributed by atoms with van der Waals surface area (Å²) in [5, 5.41) is 31.7. The number of benzene rings is 3. The average Bonchev–Trinajstić information content (AvgIpc) is 3.46. The Morgan fingerprint density at radius 1 is 0.935 bits per heavy atom. The normalized spacial score (nSPS) is 25.8. The number of rotatable bonds is 12. The third kappa shape index (κ3) is 6.11. The third-order valence-electron chi connectivity index (χ3n) is 8.52. The Morgan fingerprint density at radius 3 is 2.24 bits per heavy atom. The SMILES string of the molecule is COC(=O)[C@H](C)[C@@H](O)[C@H]1c2c(OC)cc(O[C@@H]3O[C@@H](C(O)CO)CO[C@H]3OC)cc2O[C@]1(c1ccccc1)c1ccc(OC)cc1. The number of aliphatic hydroxyl groups excluding tert-OH is 3. The van der Waals surface area contributed by atoms with Crippen molar-refractivity contribution in [3.8, 4) is 23.0 Å². The van der Waals surface area contributed by atoms with Gasteiger partial charge >= 0.3 is 5.97 Å². The fourth-order valence-corrected chi connectivity index (χ4v) is 6.10. The van der Waals surface area contributed by atoms with Gasteiger partial charge in [0.05, 0.1) is 52.5 Å². The first kappa shape index (κ1) is 33.5. The van der Waals surface area contributed by atoms with Crippen LogP contribution in [0.25, 0.3) is 0 Å². The zero-order chi connectivity index (χ0) is 33.0. The second-order valence-corrected chi connectivity index (χ2v) is 11.1. The Hall–Kier alpha value is -3.91. The van der Waals surface area contributed by atoms with E-state index in [2.05, 4.69) is 0 Å². The van der Waals surface area contributed by atoms with Crippen LogP contribution in [0.3, 0.4) is 0 Å². The maximum atomic E-state index is 12.8. The molecule has 0 amide bonds. The topological polar surface area (TPSA) is 152 Å². The highest BCUT2D eigenvalue weighted by Gasteiger charge is 2.57. The molecule has 1 saturated heterocycles. The van der Waals surface area contributed by atoms with E-state index in [1.807, 2.05) is 42.5 Å². The second-order valence-electron chi connectivity index (χ2n) is 11.1. The van der Waals surface area contributed by atoms with Gasteiger partial charge in [0.1, 0.15) is 35.2 Å². The molecule has 1 fully saturated rings. The van der Waals surface area contributed by atoms with Crippen molar-refractivity contribution < 1.29 is 58.0 Å². The molecule has 3 N–H and O–H groups in total. The van der Waals surface area contributed by atoms with Crippen molar-refractivity contribution in [1.29, 1.82) is 0 Å². The molecule has 3 aromatic rings. The molecule has 248 valence electrons. The van der Waals surface area contributed by atoms with Gasteiger partial charge in [-0.05, 0) is 19.1 Å². The summed E-state index contributed by atoms with van der Waals surface area (Å²) < 4.78 is 46.4. The first-order valence-corrected chi connectivity index (χ1v) is 14.8. The van der Waals surface area contributed by atoms with Gasteiger partial charge in [0.15, 0.2) is 5.60 Å². The highest BCUT2D eigenvalue weighted by molar-refractivity contribution is 5.73. The second kappa shape index (κ2) is 14.2. The van der Waals surface area contributed by atoms with Gasteiger partial charge < -0.3 is 53.2 Å². The summed E-state index contributed by atoms with van der Waals surface area (Å²) in [6.45, 7) is 1.06. The van der Waals surface area contributed by atoms with Crippen LogP contribution in [0.5, 0.6) is 23.0 Å².